The van der Waals surface area contributed by atoms with Crippen LogP contribution in [0.3, 0.4) is 0 Å². The molecule has 1 N–H and O–H groups in total. The number of hydrogen-bond acceptors (Lipinski definition) is 2. The Labute approximate surface area is 124 Å². The molecule has 1 fully saturated rings. The fraction of sp³-hybridized carbons (Fsp3) is 0.824. The van der Waals surface area contributed by atoms with Gasteiger partial charge in [0.1, 0.15) is 0 Å². The molecule has 0 spiro atoms. The van der Waals surface area contributed by atoms with Crippen molar-refractivity contribution in [3.63, 3.8) is 0 Å². The minimum absolute atomic E-state index is 0.487. The third-order valence-corrected chi connectivity index (χ3v) is 4.59. The van der Waals surface area contributed by atoms with Crippen molar-refractivity contribution in [2.75, 3.05) is 6.54 Å². The molecule has 0 aromatic carbocycles. The van der Waals surface area contributed by atoms with Crippen LogP contribution in [0.15, 0.2) is 12.3 Å². The van der Waals surface area contributed by atoms with E-state index in [-0.39, 0.29) is 0 Å². The highest BCUT2D eigenvalue weighted by Crippen LogP contribution is 2.31. The zero-order valence-electron chi connectivity index (χ0n) is 13.3. The molecule has 1 unspecified atom stereocenters. The molecule has 1 aromatic heterocycles. The summed E-state index contributed by atoms with van der Waals surface area (Å²) in [6.45, 7) is 6.50. The summed E-state index contributed by atoms with van der Waals surface area (Å²) in [7, 11) is 0. The van der Waals surface area contributed by atoms with Gasteiger partial charge in [-0.1, -0.05) is 45.4 Å². The third kappa shape index (κ3) is 4.34. The lowest BCUT2D eigenvalue weighted by molar-refractivity contribution is 0.343. The van der Waals surface area contributed by atoms with Crippen LogP contribution in [0.5, 0.6) is 0 Å². The predicted molar refractivity (Wildman–Crippen MR) is 84.7 cm³/mol. The van der Waals surface area contributed by atoms with Gasteiger partial charge in [0.25, 0.3) is 0 Å². The van der Waals surface area contributed by atoms with Crippen molar-refractivity contribution in [3.05, 3.63) is 18.0 Å². The van der Waals surface area contributed by atoms with E-state index in [1.54, 1.807) is 0 Å². The van der Waals surface area contributed by atoms with Crippen LogP contribution in [0.25, 0.3) is 0 Å². The van der Waals surface area contributed by atoms with Crippen LogP contribution in [0.4, 0.5) is 0 Å². The highest BCUT2D eigenvalue weighted by Gasteiger charge is 2.21. The van der Waals surface area contributed by atoms with E-state index in [1.165, 1.54) is 57.1 Å². The van der Waals surface area contributed by atoms with Gasteiger partial charge in [-0.2, -0.15) is 5.10 Å². The second kappa shape index (κ2) is 8.46. The van der Waals surface area contributed by atoms with Gasteiger partial charge in [0.15, 0.2) is 0 Å². The number of hydrogen-bond donors (Lipinski definition) is 1. The fourth-order valence-electron chi connectivity index (χ4n) is 3.46. The van der Waals surface area contributed by atoms with Crippen LogP contribution in [-0.2, 0) is 6.54 Å². The van der Waals surface area contributed by atoms with Crippen molar-refractivity contribution in [2.45, 2.75) is 77.8 Å². The summed E-state index contributed by atoms with van der Waals surface area (Å²) in [6.07, 6.45) is 13.0. The number of nitrogens with zero attached hydrogens (tertiary/aromatic N) is 2. The third-order valence-electron chi connectivity index (χ3n) is 4.59. The Hall–Kier alpha value is -0.830. The molecule has 0 saturated heterocycles. The quantitative estimate of drug-likeness (QED) is 0.753. The second-order valence-electron chi connectivity index (χ2n) is 6.17. The summed E-state index contributed by atoms with van der Waals surface area (Å²) in [6, 6.07) is 2.69. The van der Waals surface area contributed by atoms with E-state index in [4.69, 9.17) is 0 Å². The van der Waals surface area contributed by atoms with E-state index in [0.29, 0.717) is 6.04 Å². The molecule has 1 heterocycles. The SMILES string of the molecule is CCCNC(CC1CCCCCC1)c1ccnn1CC. The van der Waals surface area contributed by atoms with Gasteiger partial charge >= 0.3 is 0 Å². The fourth-order valence-corrected chi connectivity index (χ4v) is 3.46. The molecule has 0 radical (unpaired) electrons. The van der Waals surface area contributed by atoms with E-state index < -0.39 is 0 Å². The van der Waals surface area contributed by atoms with Crippen LogP contribution < -0.4 is 5.32 Å². The molecule has 3 nitrogen and oxygen atoms in total. The average molecular weight is 277 g/mol. The molecular formula is C17H31N3. The summed E-state index contributed by atoms with van der Waals surface area (Å²) in [5.41, 5.74) is 1.38. The zero-order valence-corrected chi connectivity index (χ0v) is 13.3. The maximum atomic E-state index is 4.45. The van der Waals surface area contributed by atoms with Gasteiger partial charge in [0, 0.05) is 18.8 Å². The van der Waals surface area contributed by atoms with E-state index >= 15 is 0 Å². The van der Waals surface area contributed by atoms with Crippen molar-refractivity contribution < 1.29 is 0 Å². The van der Waals surface area contributed by atoms with Crippen LogP contribution in [0, 0.1) is 5.92 Å². The van der Waals surface area contributed by atoms with Crippen LogP contribution in [-0.4, -0.2) is 16.3 Å². The summed E-state index contributed by atoms with van der Waals surface area (Å²) in [5, 5.41) is 8.21. The van der Waals surface area contributed by atoms with Gasteiger partial charge in [0.2, 0.25) is 0 Å². The van der Waals surface area contributed by atoms with Gasteiger partial charge in [-0.05, 0) is 38.3 Å². The first-order valence-corrected chi connectivity index (χ1v) is 8.60. The standard InChI is InChI=1S/C17H31N3/c1-3-12-18-16(17-11-13-19-20(17)4-2)14-15-9-7-5-6-8-10-15/h11,13,15-16,18H,3-10,12,14H2,1-2H3. The lowest BCUT2D eigenvalue weighted by atomic mass is 9.91. The largest absolute Gasteiger partial charge is 0.309 e. The monoisotopic (exact) mass is 277 g/mol. The van der Waals surface area contributed by atoms with Gasteiger partial charge in [0.05, 0.1) is 5.69 Å². The Morgan fingerprint density at radius 2 is 2.00 bits per heavy atom. The Morgan fingerprint density at radius 1 is 1.25 bits per heavy atom. The normalized spacial score (nSPS) is 18.9. The van der Waals surface area contributed by atoms with E-state index in [9.17, 15) is 0 Å². The highest BCUT2D eigenvalue weighted by atomic mass is 15.3. The number of nitrogens with one attached hydrogen (secondary N) is 1. The molecule has 1 atom stereocenters. The zero-order chi connectivity index (χ0) is 14.2. The smallest absolute Gasteiger partial charge is 0.0553 e. The topological polar surface area (TPSA) is 29.9 Å². The molecule has 1 aromatic rings. The summed E-state index contributed by atoms with van der Waals surface area (Å²) in [5.74, 6) is 0.895. The van der Waals surface area contributed by atoms with Gasteiger partial charge in [-0.25, -0.2) is 0 Å². The molecule has 0 aliphatic heterocycles. The molecule has 2 rings (SSSR count). The average Bonchev–Trinajstić information content (AvgIpc) is 2.80. The van der Waals surface area contributed by atoms with Gasteiger partial charge in [-0.15, -0.1) is 0 Å². The first-order chi connectivity index (χ1) is 9.85. The maximum absolute atomic E-state index is 4.45. The Bertz CT molecular complexity index is 364. The molecule has 0 bridgehead atoms. The number of rotatable bonds is 7. The van der Waals surface area contributed by atoms with E-state index in [0.717, 1.165) is 19.0 Å². The van der Waals surface area contributed by atoms with Crippen LogP contribution in [0.1, 0.15) is 76.9 Å². The molecule has 1 aliphatic rings. The Morgan fingerprint density at radius 3 is 2.65 bits per heavy atom. The molecule has 3 heteroatoms. The van der Waals surface area contributed by atoms with Crippen molar-refractivity contribution >= 4 is 0 Å². The first-order valence-electron chi connectivity index (χ1n) is 8.60. The lowest BCUT2D eigenvalue weighted by Gasteiger charge is -2.24. The summed E-state index contributed by atoms with van der Waals surface area (Å²) in [4.78, 5) is 0. The van der Waals surface area contributed by atoms with Crippen LogP contribution >= 0.6 is 0 Å². The first kappa shape index (κ1) is 15.6. The molecule has 0 amide bonds. The Balaban J connectivity index is 2.02. The molecule has 20 heavy (non-hydrogen) atoms. The molecule has 114 valence electrons. The van der Waals surface area contributed by atoms with Crippen molar-refractivity contribution in [1.82, 2.24) is 15.1 Å². The predicted octanol–water partition coefficient (Wildman–Crippen LogP) is 4.30. The minimum Gasteiger partial charge on any atom is -0.309 e. The molecule has 1 aliphatic carbocycles. The van der Waals surface area contributed by atoms with Crippen molar-refractivity contribution in [1.29, 1.82) is 0 Å². The van der Waals surface area contributed by atoms with Gasteiger partial charge < -0.3 is 5.32 Å². The number of aryl methyl sites for hydroxylation is 1. The van der Waals surface area contributed by atoms with E-state index in [2.05, 4.69) is 35.0 Å². The van der Waals surface area contributed by atoms with Gasteiger partial charge in [-0.3, -0.25) is 4.68 Å². The lowest BCUT2D eigenvalue weighted by Crippen LogP contribution is -2.27. The van der Waals surface area contributed by atoms with Crippen molar-refractivity contribution in [2.24, 2.45) is 5.92 Å². The van der Waals surface area contributed by atoms with E-state index in [1.807, 2.05) is 6.20 Å². The minimum atomic E-state index is 0.487. The molecule has 1 saturated carbocycles. The van der Waals surface area contributed by atoms with Crippen LogP contribution in [0.2, 0.25) is 0 Å². The maximum Gasteiger partial charge on any atom is 0.0553 e. The Kier molecular flexibility index (Phi) is 6.58. The van der Waals surface area contributed by atoms with Crippen molar-refractivity contribution in [3.8, 4) is 0 Å². The number of aromatic nitrogens is 2. The summed E-state index contributed by atoms with van der Waals surface area (Å²) >= 11 is 0. The molecular weight excluding hydrogens is 246 g/mol. The highest BCUT2D eigenvalue weighted by molar-refractivity contribution is 5.07. The summed E-state index contributed by atoms with van der Waals surface area (Å²) < 4.78 is 2.16. The second-order valence-corrected chi connectivity index (χ2v) is 6.17.